The molecule has 0 unspecified atom stereocenters. The molecule has 0 aliphatic carbocycles. The van der Waals surface area contributed by atoms with E-state index in [1.807, 2.05) is 37.3 Å². The molecule has 2 heterocycles. The summed E-state index contributed by atoms with van der Waals surface area (Å²) in [6, 6.07) is 9.68. The number of pyridine rings is 1. The predicted molar refractivity (Wildman–Crippen MR) is 75.6 cm³/mol. The van der Waals surface area contributed by atoms with E-state index < -0.39 is 0 Å². The van der Waals surface area contributed by atoms with Crippen molar-refractivity contribution < 1.29 is 4.52 Å². The van der Waals surface area contributed by atoms with E-state index in [4.69, 9.17) is 10.3 Å². The van der Waals surface area contributed by atoms with Gasteiger partial charge >= 0.3 is 0 Å². The quantitative estimate of drug-likeness (QED) is 0.788. The van der Waals surface area contributed by atoms with Crippen molar-refractivity contribution in [3.05, 3.63) is 53.9 Å². The van der Waals surface area contributed by atoms with Crippen molar-refractivity contribution in [1.82, 2.24) is 15.1 Å². The third kappa shape index (κ3) is 2.31. The summed E-state index contributed by atoms with van der Waals surface area (Å²) in [7, 11) is 0. The molecule has 0 spiro atoms. The maximum Gasteiger partial charge on any atom is 0.258 e. The fourth-order valence-corrected chi connectivity index (χ4v) is 1.98. The van der Waals surface area contributed by atoms with E-state index in [9.17, 15) is 0 Å². The molecular formula is C15H14N4O. The first-order valence-electron chi connectivity index (χ1n) is 6.32. The first-order chi connectivity index (χ1) is 9.78. The second kappa shape index (κ2) is 5.22. The standard InChI is InChI=1S/C15H14N4O/c1-10-5-6-17-9-13(10)14-18-15(20-19-14)12-4-2-3-11(7-12)8-16/h2-7,9H,8,16H2,1H3. The normalized spacial score (nSPS) is 10.7. The van der Waals surface area contributed by atoms with Crippen molar-refractivity contribution in [3.8, 4) is 22.8 Å². The lowest BCUT2D eigenvalue weighted by atomic mass is 10.1. The van der Waals surface area contributed by atoms with E-state index in [1.54, 1.807) is 12.4 Å². The maximum absolute atomic E-state index is 5.64. The van der Waals surface area contributed by atoms with Gasteiger partial charge in [0, 0.05) is 30.1 Å². The van der Waals surface area contributed by atoms with Crippen LogP contribution in [0.1, 0.15) is 11.1 Å². The molecule has 20 heavy (non-hydrogen) atoms. The van der Waals surface area contributed by atoms with Gasteiger partial charge in [0.25, 0.3) is 5.89 Å². The van der Waals surface area contributed by atoms with E-state index >= 15 is 0 Å². The average molecular weight is 266 g/mol. The van der Waals surface area contributed by atoms with E-state index in [0.29, 0.717) is 18.3 Å². The highest BCUT2D eigenvalue weighted by Crippen LogP contribution is 2.24. The third-order valence-corrected chi connectivity index (χ3v) is 3.12. The molecule has 0 saturated heterocycles. The Hall–Kier alpha value is -2.53. The molecule has 1 aromatic carbocycles. The zero-order valence-corrected chi connectivity index (χ0v) is 11.1. The van der Waals surface area contributed by atoms with E-state index in [-0.39, 0.29) is 0 Å². The Morgan fingerprint density at radius 1 is 1.25 bits per heavy atom. The number of aromatic nitrogens is 3. The molecule has 0 aliphatic heterocycles. The van der Waals surface area contributed by atoms with Crippen LogP contribution in [0.3, 0.4) is 0 Å². The SMILES string of the molecule is Cc1ccncc1-c1noc(-c2cccc(CN)c2)n1. The zero-order valence-electron chi connectivity index (χ0n) is 11.1. The Balaban J connectivity index is 2.00. The van der Waals surface area contributed by atoms with E-state index in [1.165, 1.54) is 0 Å². The molecular weight excluding hydrogens is 252 g/mol. The van der Waals surface area contributed by atoms with Gasteiger partial charge in [-0.1, -0.05) is 17.3 Å². The van der Waals surface area contributed by atoms with Crippen molar-refractivity contribution in [1.29, 1.82) is 0 Å². The molecule has 0 aliphatic rings. The number of rotatable bonds is 3. The Labute approximate surface area is 116 Å². The van der Waals surface area contributed by atoms with Crippen molar-refractivity contribution >= 4 is 0 Å². The summed E-state index contributed by atoms with van der Waals surface area (Å²) in [5, 5.41) is 4.02. The van der Waals surface area contributed by atoms with Crippen molar-refractivity contribution in [3.63, 3.8) is 0 Å². The number of hydrogen-bond donors (Lipinski definition) is 1. The van der Waals surface area contributed by atoms with Gasteiger partial charge in [-0.2, -0.15) is 4.98 Å². The molecule has 0 bridgehead atoms. The lowest BCUT2D eigenvalue weighted by Gasteiger charge is -1.98. The Morgan fingerprint density at radius 2 is 2.15 bits per heavy atom. The molecule has 3 aromatic rings. The van der Waals surface area contributed by atoms with Crippen molar-refractivity contribution in [2.24, 2.45) is 5.73 Å². The third-order valence-electron chi connectivity index (χ3n) is 3.12. The van der Waals surface area contributed by atoms with Crippen LogP contribution in [-0.2, 0) is 6.54 Å². The molecule has 5 heteroatoms. The van der Waals surface area contributed by atoms with Gasteiger partial charge in [0.15, 0.2) is 0 Å². The monoisotopic (exact) mass is 266 g/mol. The number of hydrogen-bond acceptors (Lipinski definition) is 5. The lowest BCUT2D eigenvalue weighted by Crippen LogP contribution is -1.95. The van der Waals surface area contributed by atoms with Crippen molar-refractivity contribution in [2.75, 3.05) is 0 Å². The van der Waals surface area contributed by atoms with Crippen LogP contribution in [-0.4, -0.2) is 15.1 Å². The predicted octanol–water partition coefficient (Wildman–Crippen LogP) is 2.57. The average Bonchev–Trinajstić information content (AvgIpc) is 2.97. The number of nitrogens with zero attached hydrogens (tertiary/aromatic N) is 3. The Kier molecular flexibility index (Phi) is 3.26. The van der Waals surface area contributed by atoms with Crippen LogP contribution in [0.4, 0.5) is 0 Å². The van der Waals surface area contributed by atoms with Gasteiger partial charge in [0.1, 0.15) is 0 Å². The number of aryl methyl sites for hydroxylation is 1. The second-order valence-electron chi connectivity index (χ2n) is 4.52. The minimum atomic E-state index is 0.483. The summed E-state index contributed by atoms with van der Waals surface area (Å²) in [6.07, 6.45) is 3.48. The van der Waals surface area contributed by atoms with E-state index in [2.05, 4.69) is 15.1 Å². The Bertz CT molecular complexity index is 736. The highest BCUT2D eigenvalue weighted by atomic mass is 16.5. The molecule has 0 fully saturated rings. The number of benzene rings is 1. The van der Waals surface area contributed by atoms with Gasteiger partial charge in [-0.15, -0.1) is 0 Å². The van der Waals surface area contributed by atoms with Crippen LogP contribution < -0.4 is 5.73 Å². The van der Waals surface area contributed by atoms with Crippen molar-refractivity contribution in [2.45, 2.75) is 13.5 Å². The van der Waals surface area contributed by atoms with Crippen LogP contribution in [0.5, 0.6) is 0 Å². The summed E-state index contributed by atoms with van der Waals surface area (Å²) in [6.45, 7) is 2.47. The molecule has 0 radical (unpaired) electrons. The zero-order chi connectivity index (χ0) is 13.9. The summed E-state index contributed by atoms with van der Waals surface area (Å²) >= 11 is 0. The molecule has 2 N–H and O–H groups in total. The molecule has 3 rings (SSSR count). The highest BCUT2D eigenvalue weighted by Gasteiger charge is 2.12. The van der Waals surface area contributed by atoms with Gasteiger partial charge in [-0.3, -0.25) is 4.98 Å². The summed E-state index contributed by atoms with van der Waals surface area (Å²) in [4.78, 5) is 8.52. The molecule has 100 valence electrons. The van der Waals surface area contributed by atoms with Crippen LogP contribution in [0.15, 0.2) is 47.2 Å². The van der Waals surface area contributed by atoms with Gasteiger partial charge in [0.05, 0.1) is 0 Å². The maximum atomic E-state index is 5.64. The fraction of sp³-hybridized carbons (Fsp3) is 0.133. The lowest BCUT2D eigenvalue weighted by molar-refractivity contribution is 0.432. The topological polar surface area (TPSA) is 77.8 Å². The molecule has 0 atom stereocenters. The van der Waals surface area contributed by atoms with Crippen LogP contribution in [0, 0.1) is 6.92 Å². The highest BCUT2D eigenvalue weighted by molar-refractivity contribution is 5.62. The summed E-state index contributed by atoms with van der Waals surface area (Å²) in [5.74, 6) is 1.03. The number of nitrogens with two attached hydrogens (primary N) is 1. The van der Waals surface area contributed by atoms with Gasteiger partial charge in [-0.05, 0) is 36.2 Å². The van der Waals surface area contributed by atoms with Gasteiger partial charge in [-0.25, -0.2) is 0 Å². The molecule has 2 aromatic heterocycles. The van der Waals surface area contributed by atoms with Gasteiger partial charge in [0.2, 0.25) is 5.82 Å². The fourth-order valence-electron chi connectivity index (χ4n) is 1.98. The smallest absolute Gasteiger partial charge is 0.258 e. The van der Waals surface area contributed by atoms with Crippen LogP contribution >= 0.6 is 0 Å². The minimum absolute atomic E-state index is 0.483. The molecule has 0 saturated carbocycles. The molecule has 0 amide bonds. The minimum Gasteiger partial charge on any atom is -0.334 e. The van der Waals surface area contributed by atoms with Crippen LogP contribution in [0.25, 0.3) is 22.8 Å². The molecule has 5 nitrogen and oxygen atoms in total. The summed E-state index contributed by atoms with van der Waals surface area (Å²) < 4.78 is 5.33. The second-order valence-corrected chi connectivity index (χ2v) is 4.52. The first kappa shape index (κ1) is 12.5. The largest absolute Gasteiger partial charge is 0.334 e. The van der Waals surface area contributed by atoms with E-state index in [0.717, 1.165) is 22.3 Å². The van der Waals surface area contributed by atoms with Gasteiger partial charge < -0.3 is 10.3 Å². The first-order valence-corrected chi connectivity index (χ1v) is 6.32. The van der Waals surface area contributed by atoms with Crippen LogP contribution in [0.2, 0.25) is 0 Å². The Morgan fingerprint density at radius 3 is 2.95 bits per heavy atom. The summed E-state index contributed by atoms with van der Waals surface area (Å²) in [5.41, 5.74) is 9.47.